The molecule has 0 aliphatic heterocycles. The number of benzene rings is 1. The van der Waals surface area contributed by atoms with Crippen molar-refractivity contribution in [1.82, 2.24) is 0 Å². The van der Waals surface area contributed by atoms with Crippen LogP contribution in [0.3, 0.4) is 0 Å². The van der Waals surface area contributed by atoms with Crippen LogP contribution in [0.15, 0.2) is 24.3 Å². The Morgan fingerprint density at radius 2 is 2.17 bits per heavy atom. The van der Waals surface area contributed by atoms with Crippen molar-refractivity contribution in [1.29, 1.82) is 10.7 Å². The Morgan fingerprint density at radius 1 is 1.50 bits per heavy atom. The van der Waals surface area contributed by atoms with Gasteiger partial charge in [0.25, 0.3) is 0 Å². The number of amidine groups is 1. The molecular weight excluding hydrogens is 150 g/mol. The number of hydrogen-bond acceptors (Lipinski definition) is 2. The van der Waals surface area contributed by atoms with Crippen LogP contribution in [0.1, 0.15) is 11.1 Å². The summed E-state index contributed by atoms with van der Waals surface area (Å²) in [5, 5.41) is 15.7. The van der Waals surface area contributed by atoms with Gasteiger partial charge >= 0.3 is 0 Å². The molecule has 3 N–H and O–H groups in total. The van der Waals surface area contributed by atoms with Gasteiger partial charge in [-0.05, 0) is 11.6 Å². The van der Waals surface area contributed by atoms with Crippen LogP contribution in [0.4, 0.5) is 0 Å². The van der Waals surface area contributed by atoms with Gasteiger partial charge in [-0.25, -0.2) is 0 Å². The second-order valence-corrected chi connectivity index (χ2v) is 2.47. The van der Waals surface area contributed by atoms with E-state index in [-0.39, 0.29) is 5.84 Å². The highest BCUT2D eigenvalue weighted by Crippen LogP contribution is 2.07. The SMILES string of the molecule is N#Cc1ccccc1CC(=N)N. The van der Waals surface area contributed by atoms with E-state index >= 15 is 0 Å². The summed E-state index contributed by atoms with van der Waals surface area (Å²) in [5.41, 5.74) is 6.62. The minimum absolute atomic E-state index is 0.0812. The van der Waals surface area contributed by atoms with Crippen molar-refractivity contribution in [3.63, 3.8) is 0 Å². The van der Waals surface area contributed by atoms with E-state index in [1.807, 2.05) is 12.1 Å². The van der Waals surface area contributed by atoms with Gasteiger partial charge in [0.1, 0.15) is 0 Å². The molecule has 60 valence electrons. The first-order valence-corrected chi connectivity index (χ1v) is 3.55. The van der Waals surface area contributed by atoms with Gasteiger partial charge in [0.2, 0.25) is 0 Å². The van der Waals surface area contributed by atoms with Gasteiger partial charge in [-0.1, -0.05) is 18.2 Å². The van der Waals surface area contributed by atoms with E-state index in [0.29, 0.717) is 12.0 Å². The van der Waals surface area contributed by atoms with Gasteiger partial charge in [-0.3, -0.25) is 5.41 Å². The zero-order valence-electron chi connectivity index (χ0n) is 6.54. The topological polar surface area (TPSA) is 73.7 Å². The summed E-state index contributed by atoms with van der Waals surface area (Å²) in [5.74, 6) is 0.0812. The van der Waals surface area contributed by atoms with E-state index in [1.54, 1.807) is 18.2 Å². The molecule has 0 unspecified atom stereocenters. The third-order valence-corrected chi connectivity index (χ3v) is 1.52. The number of hydrogen-bond donors (Lipinski definition) is 2. The van der Waals surface area contributed by atoms with Gasteiger partial charge in [-0.2, -0.15) is 5.26 Å². The predicted molar refractivity (Wildman–Crippen MR) is 46.8 cm³/mol. The van der Waals surface area contributed by atoms with Crippen LogP contribution in [0.25, 0.3) is 0 Å². The smallest absolute Gasteiger partial charge is 0.0994 e. The molecular formula is C9H9N3. The highest BCUT2D eigenvalue weighted by molar-refractivity contribution is 5.80. The van der Waals surface area contributed by atoms with Crippen LogP contribution in [0.5, 0.6) is 0 Å². The molecule has 3 nitrogen and oxygen atoms in total. The first-order chi connectivity index (χ1) is 5.74. The molecule has 1 aromatic rings. The van der Waals surface area contributed by atoms with Crippen molar-refractivity contribution in [3.8, 4) is 6.07 Å². The number of nitrogens with one attached hydrogen (secondary N) is 1. The summed E-state index contributed by atoms with van der Waals surface area (Å²) in [6, 6.07) is 9.20. The Labute approximate surface area is 70.9 Å². The van der Waals surface area contributed by atoms with Crippen molar-refractivity contribution in [2.24, 2.45) is 5.73 Å². The van der Waals surface area contributed by atoms with E-state index < -0.39 is 0 Å². The molecule has 0 saturated heterocycles. The summed E-state index contributed by atoms with van der Waals surface area (Å²) in [6.07, 6.45) is 0.351. The Balaban J connectivity index is 2.99. The second kappa shape index (κ2) is 3.54. The van der Waals surface area contributed by atoms with Crippen LogP contribution in [-0.2, 0) is 6.42 Å². The lowest BCUT2D eigenvalue weighted by Crippen LogP contribution is -2.13. The molecule has 0 fully saturated rings. The Morgan fingerprint density at radius 3 is 2.75 bits per heavy atom. The molecule has 0 amide bonds. The molecule has 3 heteroatoms. The summed E-state index contributed by atoms with van der Waals surface area (Å²) >= 11 is 0. The largest absolute Gasteiger partial charge is 0.387 e. The number of nitriles is 1. The number of rotatable bonds is 2. The zero-order chi connectivity index (χ0) is 8.97. The molecule has 1 rings (SSSR count). The molecule has 1 aromatic carbocycles. The molecule has 0 radical (unpaired) electrons. The maximum absolute atomic E-state index is 8.67. The molecule has 0 spiro atoms. The summed E-state index contributed by atoms with van der Waals surface area (Å²) in [4.78, 5) is 0. The first kappa shape index (κ1) is 8.28. The van der Waals surface area contributed by atoms with E-state index in [4.69, 9.17) is 16.4 Å². The fourth-order valence-corrected chi connectivity index (χ4v) is 0.989. The highest BCUT2D eigenvalue weighted by atomic mass is 14.7. The maximum Gasteiger partial charge on any atom is 0.0994 e. The lowest BCUT2D eigenvalue weighted by atomic mass is 10.1. The quantitative estimate of drug-likeness (QED) is 0.499. The van der Waals surface area contributed by atoms with E-state index in [9.17, 15) is 0 Å². The monoisotopic (exact) mass is 159 g/mol. The summed E-state index contributed by atoms with van der Waals surface area (Å²) < 4.78 is 0. The number of nitrogens with two attached hydrogens (primary N) is 1. The minimum Gasteiger partial charge on any atom is -0.387 e. The Hall–Kier alpha value is -1.82. The van der Waals surface area contributed by atoms with Crippen LogP contribution in [0, 0.1) is 16.7 Å². The van der Waals surface area contributed by atoms with Crippen molar-refractivity contribution < 1.29 is 0 Å². The van der Waals surface area contributed by atoms with Gasteiger partial charge in [-0.15, -0.1) is 0 Å². The fraction of sp³-hybridized carbons (Fsp3) is 0.111. The van der Waals surface area contributed by atoms with E-state index in [2.05, 4.69) is 0 Å². The molecule has 0 saturated carbocycles. The summed E-state index contributed by atoms with van der Waals surface area (Å²) in [7, 11) is 0. The Bertz CT molecular complexity index is 336. The third-order valence-electron chi connectivity index (χ3n) is 1.52. The lowest BCUT2D eigenvalue weighted by Gasteiger charge is -2.00. The molecule has 0 heterocycles. The van der Waals surface area contributed by atoms with E-state index in [1.165, 1.54) is 0 Å². The van der Waals surface area contributed by atoms with Crippen LogP contribution < -0.4 is 5.73 Å². The van der Waals surface area contributed by atoms with Gasteiger partial charge in [0.15, 0.2) is 0 Å². The third kappa shape index (κ3) is 1.83. The normalized spacial score (nSPS) is 8.92. The Kier molecular flexibility index (Phi) is 2.44. The van der Waals surface area contributed by atoms with Crippen LogP contribution in [0.2, 0.25) is 0 Å². The van der Waals surface area contributed by atoms with Crippen LogP contribution >= 0.6 is 0 Å². The average molecular weight is 159 g/mol. The van der Waals surface area contributed by atoms with Gasteiger partial charge in [0.05, 0.1) is 17.5 Å². The fourth-order valence-electron chi connectivity index (χ4n) is 0.989. The molecule has 0 aliphatic rings. The van der Waals surface area contributed by atoms with Crippen LogP contribution in [-0.4, -0.2) is 5.84 Å². The average Bonchev–Trinajstić information content (AvgIpc) is 2.04. The minimum atomic E-state index is 0.0812. The molecule has 12 heavy (non-hydrogen) atoms. The number of nitrogens with zero attached hydrogens (tertiary/aromatic N) is 1. The maximum atomic E-state index is 8.67. The second-order valence-electron chi connectivity index (χ2n) is 2.47. The van der Waals surface area contributed by atoms with Gasteiger partial charge < -0.3 is 5.73 Å². The van der Waals surface area contributed by atoms with Gasteiger partial charge in [0, 0.05) is 6.42 Å². The molecule has 0 aromatic heterocycles. The summed E-state index contributed by atoms with van der Waals surface area (Å²) in [6.45, 7) is 0. The predicted octanol–water partition coefficient (Wildman–Crippen LogP) is 1.04. The lowest BCUT2D eigenvalue weighted by molar-refractivity contribution is 1.23. The zero-order valence-corrected chi connectivity index (χ0v) is 6.54. The molecule has 0 bridgehead atoms. The molecule has 0 atom stereocenters. The standard InChI is InChI=1S/C9H9N3/c10-6-8-4-2-1-3-7(8)5-9(11)12/h1-4H,5H2,(H3,11,12). The highest BCUT2D eigenvalue weighted by Gasteiger charge is 2.00. The van der Waals surface area contributed by atoms with Crippen molar-refractivity contribution in [2.75, 3.05) is 0 Å². The van der Waals surface area contributed by atoms with Crippen molar-refractivity contribution >= 4 is 5.84 Å². The first-order valence-electron chi connectivity index (χ1n) is 3.55. The molecule has 0 aliphatic carbocycles. The van der Waals surface area contributed by atoms with E-state index in [0.717, 1.165) is 5.56 Å². The van der Waals surface area contributed by atoms with Crippen molar-refractivity contribution in [3.05, 3.63) is 35.4 Å². The van der Waals surface area contributed by atoms with Crippen molar-refractivity contribution in [2.45, 2.75) is 6.42 Å².